The van der Waals surface area contributed by atoms with Gasteiger partial charge in [0, 0.05) is 5.56 Å². The van der Waals surface area contributed by atoms with Crippen molar-refractivity contribution in [1.29, 1.82) is 0 Å². The topological polar surface area (TPSA) is 105 Å². The molecule has 0 spiro atoms. The van der Waals surface area contributed by atoms with Crippen molar-refractivity contribution in [2.75, 3.05) is 19.1 Å². The number of hydrogen-bond acceptors (Lipinski definition) is 6. The van der Waals surface area contributed by atoms with Crippen molar-refractivity contribution in [2.45, 2.75) is 19.4 Å². The van der Waals surface area contributed by atoms with Crippen molar-refractivity contribution < 1.29 is 24.2 Å². The lowest BCUT2D eigenvalue weighted by molar-refractivity contribution is -0.132. The van der Waals surface area contributed by atoms with E-state index in [2.05, 4.69) is 9.97 Å². The number of ether oxygens (including phenoxy) is 2. The van der Waals surface area contributed by atoms with Crippen LogP contribution >= 0.6 is 0 Å². The van der Waals surface area contributed by atoms with Crippen molar-refractivity contribution in [3.8, 4) is 11.5 Å². The van der Waals surface area contributed by atoms with Crippen LogP contribution < -0.4 is 14.4 Å². The number of anilines is 1. The maximum absolute atomic E-state index is 13.4. The number of nitrogens with zero attached hydrogens (tertiary/aromatic N) is 2. The van der Waals surface area contributed by atoms with E-state index in [1.54, 1.807) is 30.3 Å². The van der Waals surface area contributed by atoms with Gasteiger partial charge in [-0.25, -0.2) is 4.98 Å². The van der Waals surface area contributed by atoms with Crippen LogP contribution in [0.5, 0.6) is 11.5 Å². The molecule has 1 saturated heterocycles. The minimum absolute atomic E-state index is 0.0306. The van der Waals surface area contributed by atoms with Gasteiger partial charge in [0.15, 0.2) is 11.5 Å². The van der Waals surface area contributed by atoms with Gasteiger partial charge in [-0.05, 0) is 41.8 Å². The summed E-state index contributed by atoms with van der Waals surface area (Å²) in [4.78, 5) is 35.8. The van der Waals surface area contributed by atoms with Crippen LogP contribution in [-0.4, -0.2) is 41.0 Å². The van der Waals surface area contributed by atoms with Gasteiger partial charge in [0.05, 0.1) is 36.9 Å². The standard InChI is InChI=1S/C28H25N3O5/c1-4-16-9-11-17(12-10-16)25(32)23-24(18-13-14-21(35-2)22(15-18)36-3)31(27(34)26(23)33)28-29-19-7-5-6-8-20(19)30-28/h5-15,24,32H,4H2,1-3H3,(H,29,30)/b25-23+. The van der Waals surface area contributed by atoms with Crippen molar-refractivity contribution in [3.63, 3.8) is 0 Å². The number of carbonyl (C=O) groups excluding carboxylic acids is 2. The maximum Gasteiger partial charge on any atom is 0.302 e. The Morgan fingerprint density at radius 3 is 2.39 bits per heavy atom. The van der Waals surface area contributed by atoms with Crippen LogP contribution in [0.2, 0.25) is 0 Å². The van der Waals surface area contributed by atoms with Gasteiger partial charge in [0.2, 0.25) is 5.95 Å². The van der Waals surface area contributed by atoms with Gasteiger partial charge in [0.1, 0.15) is 5.76 Å². The number of Topliss-reactive ketones (excluding diaryl/α,β-unsaturated/α-hetero) is 1. The van der Waals surface area contributed by atoms with Gasteiger partial charge in [-0.3, -0.25) is 14.5 Å². The molecule has 0 bridgehead atoms. The summed E-state index contributed by atoms with van der Waals surface area (Å²) in [6, 6.07) is 18.8. The number of imidazole rings is 1. The molecule has 1 aliphatic heterocycles. The average molecular weight is 484 g/mol. The molecule has 2 heterocycles. The average Bonchev–Trinajstić information content (AvgIpc) is 3.46. The molecule has 1 fully saturated rings. The lowest BCUT2D eigenvalue weighted by Crippen LogP contribution is -2.30. The molecule has 8 heteroatoms. The number of aromatic amines is 1. The van der Waals surface area contributed by atoms with Crippen LogP contribution in [0.3, 0.4) is 0 Å². The number of H-pyrrole nitrogens is 1. The second-order valence-electron chi connectivity index (χ2n) is 8.41. The predicted molar refractivity (Wildman–Crippen MR) is 136 cm³/mol. The van der Waals surface area contributed by atoms with Gasteiger partial charge < -0.3 is 19.6 Å². The molecule has 1 atom stereocenters. The van der Waals surface area contributed by atoms with Crippen LogP contribution in [0.25, 0.3) is 16.8 Å². The van der Waals surface area contributed by atoms with Gasteiger partial charge in [-0.1, -0.05) is 49.4 Å². The number of carbonyl (C=O) groups is 2. The lowest BCUT2D eigenvalue weighted by atomic mass is 9.94. The Bertz CT molecular complexity index is 1470. The molecule has 4 aromatic rings. The number of aliphatic hydroxyl groups is 1. The monoisotopic (exact) mass is 483 g/mol. The third kappa shape index (κ3) is 3.76. The molecule has 3 aromatic carbocycles. The molecule has 0 radical (unpaired) electrons. The molecule has 1 aromatic heterocycles. The number of para-hydroxylation sites is 2. The zero-order valence-corrected chi connectivity index (χ0v) is 20.1. The van der Waals surface area contributed by atoms with Crippen molar-refractivity contribution in [2.24, 2.45) is 0 Å². The zero-order chi connectivity index (χ0) is 25.4. The molecule has 1 unspecified atom stereocenters. The molecule has 36 heavy (non-hydrogen) atoms. The number of benzene rings is 3. The number of methoxy groups -OCH3 is 2. The van der Waals surface area contributed by atoms with Crippen LogP contribution in [0.15, 0.2) is 72.3 Å². The maximum atomic E-state index is 13.4. The Morgan fingerprint density at radius 2 is 1.72 bits per heavy atom. The van der Waals surface area contributed by atoms with E-state index >= 15 is 0 Å². The van der Waals surface area contributed by atoms with Crippen molar-refractivity contribution >= 4 is 34.4 Å². The highest BCUT2D eigenvalue weighted by Crippen LogP contribution is 2.43. The summed E-state index contributed by atoms with van der Waals surface area (Å²) in [6.45, 7) is 2.03. The van der Waals surface area contributed by atoms with Gasteiger partial charge >= 0.3 is 5.91 Å². The number of amides is 1. The number of nitrogens with one attached hydrogen (secondary N) is 1. The largest absolute Gasteiger partial charge is 0.507 e. The highest BCUT2D eigenvalue weighted by atomic mass is 16.5. The van der Waals surface area contributed by atoms with E-state index in [0.29, 0.717) is 28.1 Å². The van der Waals surface area contributed by atoms with E-state index in [0.717, 1.165) is 17.5 Å². The Hall–Kier alpha value is -4.59. The van der Waals surface area contributed by atoms with E-state index < -0.39 is 17.7 Å². The number of aryl methyl sites for hydroxylation is 1. The van der Waals surface area contributed by atoms with E-state index in [1.165, 1.54) is 19.1 Å². The quantitative estimate of drug-likeness (QED) is 0.233. The first-order valence-electron chi connectivity index (χ1n) is 11.5. The summed E-state index contributed by atoms with van der Waals surface area (Å²) in [5.41, 5.74) is 3.42. The molecule has 0 saturated carbocycles. The Balaban J connectivity index is 1.73. The minimum Gasteiger partial charge on any atom is -0.507 e. The third-order valence-corrected chi connectivity index (χ3v) is 6.41. The first-order valence-corrected chi connectivity index (χ1v) is 11.5. The minimum atomic E-state index is -0.948. The second-order valence-corrected chi connectivity index (χ2v) is 8.41. The van der Waals surface area contributed by atoms with Crippen LogP contribution in [0.1, 0.15) is 29.7 Å². The van der Waals surface area contributed by atoms with Crippen molar-refractivity contribution in [3.05, 3.63) is 89.0 Å². The molecule has 5 rings (SSSR count). The van der Waals surface area contributed by atoms with Gasteiger partial charge in [0.25, 0.3) is 5.78 Å². The van der Waals surface area contributed by atoms with E-state index in [4.69, 9.17) is 9.47 Å². The molecular formula is C28H25N3O5. The number of hydrogen-bond donors (Lipinski definition) is 2. The fourth-order valence-corrected chi connectivity index (χ4v) is 4.50. The molecule has 2 N–H and O–H groups in total. The fourth-order valence-electron chi connectivity index (χ4n) is 4.50. The number of fused-ring (bicyclic) bond motifs is 1. The summed E-state index contributed by atoms with van der Waals surface area (Å²) < 4.78 is 10.8. The molecule has 8 nitrogen and oxygen atoms in total. The second kappa shape index (κ2) is 9.22. The Morgan fingerprint density at radius 1 is 1.00 bits per heavy atom. The smallest absolute Gasteiger partial charge is 0.302 e. The summed E-state index contributed by atoms with van der Waals surface area (Å²) in [6.07, 6.45) is 0.836. The Kier molecular flexibility index (Phi) is 5.93. The highest BCUT2D eigenvalue weighted by molar-refractivity contribution is 6.51. The summed E-state index contributed by atoms with van der Waals surface area (Å²) in [5.74, 6) is -0.713. The van der Waals surface area contributed by atoms with Gasteiger partial charge in [-0.2, -0.15) is 0 Å². The normalized spacial score (nSPS) is 17.1. The summed E-state index contributed by atoms with van der Waals surface area (Å²) in [5, 5.41) is 11.3. The van der Waals surface area contributed by atoms with E-state index in [1.807, 2.05) is 43.3 Å². The number of rotatable bonds is 6. The zero-order valence-electron chi connectivity index (χ0n) is 20.1. The molecule has 1 aliphatic rings. The van der Waals surface area contributed by atoms with Crippen LogP contribution in [0.4, 0.5) is 5.95 Å². The van der Waals surface area contributed by atoms with E-state index in [-0.39, 0.29) is 17.3 Å². The van der Waals surface area contributed by atoms with Crippen LogP contribution in [-0.2, 0) is 16.0 Å². The molecule has 1 amide bonds. The van der Waals surface area contributed by atoms with Crippen molar-refractivity contribution in [1.82, 2.24) is 9.97 Å². The summed E-state index contributed by atoms with van der Waals surface area (Å²) in [7, 11) is 3.03. The van der Waals surface area contributed by atoms with E-state index in [9.17, 15) is 14.7 Å². The SMILES string of the molecule is CCc1ccc(/C(O)=C2\C(=O)C(=O)N(c3nc4ccccc4[nH]3)C2c2ccc(OC)c(OC)c2)cc1. The predicted octanol–water partition coefficient (Wildman–Crippen LogP) is 4.77. The first-order chi connectivity index (χ1) is 17.5. The fraction of sp³-hybridized carbons (Fsp3) is 0.179. The molecule has 182 valence electrons. The van der Waals surface area contributed by atoms with Crippen LogP contribution in [0, 0.1) is 0 Å². The summed E-state index contributed by atoms with van der Waals surface area (Å²) >= 11 is 0. The molecular weight excluding hydrogens is 458 g/mol. The first kappa shape index (κ1) is 23.2. The highest BCUT2D eigenvalue weighted by Gasteiger charge is 2.48. The molecule has 0 aliphatic carbocycles. The van der Waals surface area contributed by atoms with Gasteiger partial charge in [-0.15, -0.1) is 0 Å². The Labute approximate surface area is 207 Å². The number of ketones is 1. The third-order valence-electron chi connectivity index (χ3n) is 6.41. The lowest BCUT2D eigenvalue weighted by Gasteiger charge is -2.24. The number of aliphatic hydroxyl groups excluding tert-OH is 1. The number of aromatic nitrogens is 2.